The van der Waals surface area contributed by atoms with E-state index >= 15 is 0 Å². The van der Waals surface area contributed by atoms with Gasteiger partial charge >= 0.3 is 5.69 Å². The van der Waals surface area contributed by atoms with Gasteiger partial charge in [-0.1, -0.05) is 0 Å². The van der Waals surface area contributed by atoms with Gasteiger partial charge in [-0.2, -0.15) is 5.26 Å². The number of rotatable bonds is 3. The summed E-state index contributed by atoms with van der Waals surface area (Å²) in [6.45, 7) is 2.16. The number of hydrogen-bond acceptors (Lipinski definition) is 3. The van der Waals surface area contributed by atoms with Crippen LogP contribution in [0.5, 0.6) is 0 Å². The van der Waals surface area contributed by atoms with E-state index in [0.717, 1.165) is 10.6 Å². The highest BCUT2D eigenvalue weighted by Crippen LogP contribution is 2.08. The molecule has 0 amide bonds. The highest BCUT2D eigenvalue weighted by atomic mass is 19.1. The van der Waals surface area contributed by atoms with Crippen molar-refractivity contribution < 1.29 is 4.39 Å². The molecule has 0 atom stereocenters. The minimum atomic E-state index is -0.571. The lowest BCUT2D eigenvalue weighted by Crippen LogP contribution is -2.39. The molecule has 2 rings (SSSR count). The second-order valence-electron chi connectivity index (χ2n) is 4.27. The Balaban J connectivity index is 2.51. The molecule has 0 fully saturated rings. The minimum absolute atomic E-state index is 0.0645. The van der Waals surface area contributed by atoms with Crippen molar-refractivity contribution in [3.8, 4) is 6.07 Å². The van der Waals surface area contributed by atoms with Crippen LogP contribution in [0.2, 0.25) is 0 Å². The van der Waals surface area contributed by atoms with Gasteiger partial charge in [0.15, 0.2) is 0 Å². The highest BCUT2D eigenvalue weighted by molar-refractivity contribution is 5.33. The largest absolute Gasteiger partial charge is 0.331 e. The number of benzene rings is 1. The summed E-state index contributed by atoms with van der Waals surface area (Å²) in [7, 11) is 0. The molecule has 0 aliphatic heterocycles. The van der Waals surface area contributed by atoms with Gasteiger partial charge in [0.1, 0.15) is 5.82 Å². The molecule has 1 heterocycles. The Labute approximate surface area is 114 Å². The summed E-state index contributed by atoms with van der Waals surface area (Å²) in [6.07, 6.45) is 1.42. The van der Waals surface area contributed by atoms with Crippen molar-refractivity contribution in [1.29, 1.82) is 5.26 Å². The molecule has 0 aliphatic carbocycles. The van der Waals surface area contributed by atoms with Gasteiger partial charge in [-0.15, -0.1) is 0 Å². The molecule has 1 aromatic carbocycles. The zero-order chi connectivity index (χ0) is 14.7. The second kappa shape index (κ2) is 5.53. The van der Waals surface area contributed by atoms with E-state index in [-0.39, 0.29) is 12.1 Å². The van der Waals surface area contributed by atoms with E-state index in [2.05, 4.69) is 0 Å². The van der Waals surface area contributed by atoms with Gasteiger partial charge in [0.25, 0.3) is 5.56 Å². The third kappa shape index (κ3) is 2.67. The molecule has 0 radical (unpaired) electrons. The van der Waals surface area contributed by atoms with Crippen molar-refractivity contribution in [3.63, 3.8) is 0 Å². The zero-order valence-electron chi connectivity index (χ0n) is 10.8. The summed E-state index contributed by atoms with van der Waals surface area (Å²) >= 11 is 0. The maximum Gasteiger partial charge on any atom is 0.331 e. The second-order valence-corrected chi connectivity index (χ2v) is 4.27. The summed E-state index contributed by atoms with van der Waals surface area (Å²) in [5.74, 6) is -0.571. The van der Waals surface area contributed by atoms with Gasteiger partial charge < -0.3 is 4.57 Å². The van der Waals surface area contributed by atoms with Crippen molar-refractivity contribution in [2.45, 2.75) is 20.0 Å². The van der Waals surface area contributed by atoms with Gasteiger partial charge in [0.05, 0.1) is 18.2 Å². The van der Waals surface area contributed by atoms with Gasteiger partial charge in [-0.05, 0) is 30.7 Å². The predicted octanol–water partition coefficient (Wildman–Crippen LogP) is 1.09. The van der Waals surface area contributed by atoms with Crippen molar-refractivity contribution in [2.75, 3.05) is 0 Å². The standard InChI is InChI=1S/C14H12FN3O2/c1-2-17-4-3-13(19)18(14(17)20)9-11-5-10(8-16)6-12(15)7-11/h3-7H,2,9H2,1H3. The van der Waals surface area contributed by atoms with Crippen LogP contribution in [0.25, 0.3) is 0 Å². The average Bonchev–Trinajstić information content (AvgIpc) is 2.43. The average molecular weight is 273 g/mol. The lowest BCUT2D eigenvalue weighted by molar-refractivity contribution is 0.592. The molecular formula is C14H12FN3O2. The lowest BCUT2D eigenvalue weighted by Gasteiger charge is -2.08. The van der Waals surface area contributed by atoms with Gasteiger partial charge in [-0.25, -0.2) is 9.18 Å². The smallest absolute Gasteiger partial charge is 0.301 e. The normalized spacial score (nSPS) is 10.2. The van der Waals surface area contributed by atoms with Crippen LogP contribution < -0.4 is 11.2 Å². The molecule has 0 aliphatic rings. The van der Waals surface area contributed by atoms with Crippen LogP contribution in [0.1, 0.15) is 18.1 Å². The van der Waals surface area contributed by atoms with Crippen LogP contribution in [-0.2, 0) is 13.1 Å². The van der Waals surface area contributed by atoms with Crippen molar-refractivity contribution >= 4 is 0 Å². The Kier molecular flexibility index (Phi) is 3.80. The topological polar surface area (TPSA) is 67.8 Å². The fourth-order valence-electron chi connectivity index (χ4n) is 1.93. The Hall–Kier alpha value is -2.68. The molecule has 2 aromatic rings. The number of hydrogen-bond donors (Lipinski definition) is 0. The monoisotopic (exact) mass is 273 g/mol. The van der Waals surface area contributed by atoms with Crippen molar-refractivity contribution in [2.24, 2.45) is 0 Å². The summed E-state index contributed by atoms with van der Waals surface area (Å²) in [6, 6.07) is 6.88. The number of aromatic nitrogens is 2. The highest BCUT2D eigenvalue weighted by Gasteiger charge is 2.07. The predicted molar refractivity (Wildman–Crippen MR) is 70.9 cm³/mol. The Morgan fingerprint density at radius 3 is 2.70 bits per heavy atom. The Morgan fingerprint density at radius 1 is 1.30 bits per heavy atom. The van der Waals surface area contributed by atoms with E-state index in [0.29, 0.717) is 12.1 Å². The van der Waals surface area contributed by atoms with E-state index in [1.807, 2.05) is 6.07 Å². The van der Waals surface area contributed by atoms with E-state index in [4.69, 9.17) is 5.26 Å². The fraction of sp³-hybridized carbons (Fsp3) is 0.214. The van der Waals surface area contributed by atoms with Crippen LogP contribution in [0.3, 0.4) is 0 Å². The number of halogens is 1. The first-order valence-electron chi connectivity index (χ1n) is 6.05. The van der Waals surface area contributed by atoms with E-state index < -0.39 is 17.1 Å². The van der Waals surface area contributed by atoms with Crippen molar-refractivity contribution in [1.82, 2.24) is 9.13 Å². The summed E-state index contributed by atoms with van der Waals surface area (Å²) in [4.78, 5) is 23.8. The van der Waals surface area contributed by atoms with E-state index in [9.17, 15) is 14.0 Å². The molecule has 1 aromatic heterocycles. The Bertz CT molecular complexity index is 799. The molecule has 6 heteroatoms. The molecular weight excluding hydrogens is 261 g/mol. The third-order valence-corrected chi connectivity index (χ3v) is 2.91. The Morgan fingerprint density at radius 2 is 2.05 bits per heavy atom. The van der Waals surface area contributed by atoms with Crippen LogP contribution >= 0.6 is 0 Å². The van der Waals surface area contributed by atoms with Crippen LogP contribution in [0.4, 0.5) is 4.39 Å². The molecule has 0 saturated heterocycles. The van der Waals surface area contributed by atoms with E-state index in [1.54, 1.807) is 6.92 Å². The van der Waals surface area contributed by atoms with Crippen molar-refractivity contribution in [3.05, 3.63) is 68.2 Å². The fourth-order valence-corrected chi connectivity index (χ4v) is 1.93. The SMILES string of the molecule is CCn1ccc(=O)n(Cc2cc(F)cc(C#N)c2)c1=O. The molecule has 5 nitrogen and oxygen atoms in total. The first-order chi connectivity index (χ1) is 9.55. The third-order valence-electron chi connectivity index (χ3n) is 2.91. The summed E-state index contributed by atoms with van der Waals surface area (Å²) < 4.78 is 15.7. The number of aryl methyl sites for hydroxylation is 1. The van der Waals surface area contributed by atoms with Gasteiger partial charge in [-0.3, -0.25) is 9.36 Å². The molecule has 0 unspecified atom stereocenters. The summed E-state index contributed by atoms with van der Waals surface area (Å²) in [5.41, 5.74) is -0.361. The van der Waals surface area contributed by atoms with Gasteiger partial charge in [0, 0.05) is 18.8 Å². The first kappa shape index (κ1) is 13.7. The summed E-state index contributed by atoms with van der Waals surface area (Å²) in [5, 5.41) is 8.79. The zero-order valence-corrected chi connectivity index (χ0v) is 10.8. The molecule has 0 saturated carbocycles. The number of nitrogens with zero attached hydrogens (tertiary/aromatic N) is 3. The molecule has 0 N–H and O–H groups in total. The molecule has 0 spiro atoms. The molecule has 102 valence electrons. The van der Waals surface area contributed by atoms with Gasteiger partial charge in [0.2, 0.25) is 0 Å². The first-order valence-corrected chi connectivity index (χ1v) is 6.05. The maximum atomic E-state index is 13.3. The maximum absolute atomic E-state index is 13.3. The molecule has 0 bridgehead atoms. The van der Waals surface area contributed by atoms with Crippen LogP contribution in [0.15, 0.2) is 40.1 Å². The minimum Gasteiger partial charge on any atom is -0.301 e. The number of nitriles is 1. The van der Waals surface area contributed by atoms with E-state index in [1.165, 1.54) is 29.0 Å². The van der Waals surface area contributed by atoms with Crippen LogP contribution in [0, 0.1) is 17.1 Å². The van der Waals surface area contributed by atoms with Crippen LogP contribution in [-0.4, -0.2) is 9.13 Å². The quantitative estimate of drug-likeness (QED) is 0.840. The lowest BCUT2D eigenvalue weighted by atomic mass is 10.1. The molecule has 20 heavy (non-hydrogen) atoms.